The molecular weight excluding hydrogens is 540 g/mol. The van der Waals surface area contributed by atoms with Crippen molar-refractivity contribution in [3.63, 3.8) is 0 Å². The Kier molecular flexibility index (Phi) is 8.57. The summed E-state index contributed by atoms with van der Waals surface area (Å²) in [5.74, 6) is -0.577. The van der Waals surface area contributed by atoms with Gasteiger partial charge in [0.15, 0.2) is 11.6 Å². The number of benzene rings is 2. The Balaban J connectivity index is 1.27. The molecule has 1 aliphatic heterocycles. The highest BCUT2D eigenvalue weighted by Crippen LogP contribution is 2.35. The highest BCUT2D eigenvalue weighted by atomic mass is 19.4. The normalized spacial score (nSPS) is 16.6. The largest absolute Gasteiger partial charge is 0.445 e. The summed E-state index contributed by atoms with van der Waals surface area (Å²) < 4.78 is 60.1. The van der Waals surface area contributed by atoms with Gasteiger partial charge in [0, 0.05) is 19.1 Å². The third-order valence-corrected chi connectivity index (χ3v) is 7.40. The Labute approximate surface area is 235 Å². The summed E-state index contributed by atoms with van der Waals surface area (Å²) in [6.45, 7) is 1.89. The van der Waals surface area contributed by atoms with Crippen molar-refractivity contribution in [3.05, 3.63) is 83.4 Å². The average Bonchev–Trinajstić information content (AvgIpc) is 3.81. The molecule has 3 N–H and O–H groups in total. The van der Waals surface area contributed by atoms with E-state index in [0.717, 1.165) is 30.5 Å². The number of alkyl carbamates (subject to hydrolysis) is 1. The fourth-order valence-corrected chi connectivity index (χ4v) is 4.92. The predicted molar refractivity (Wildman–Crippen MR) is 146 cm³/mol. The average molecular weight is 573 g/mol. The summed E-state index contributed by atoms with van der Waals surface area (Å²) >= 11 is 0. The number of amides is 1. The van der Waals surface area contributed by atoms with Crippen molar-refractivity contribution < 1.29 is 27.1 Å². The molecule has 5 rings (SSSR count). The molecule has 1 saturated heterocycles. The van der Waals surface area contributed by atoms with Crippen molar-refractivity contribution in [2.75, 3.05) is 29.9 Å². The molecule has 0 unspecified atom stereocenters. The number of nitrogens with zero attached hydrogens (tertiary/aromatic N) is 3. The van der Waals surface area contributed by atoms with Crippen molar-refractivity contribution in [3.8, 4) is 0 Å². The first-order chi connectivity index (χ1) is 19.7. The molecule has 0 atom stereocenters. The summed E-state index contributed by atoms with van der Waals surface area (Å²) in [7, 11) is 0. The second-order valence-electron chi connectivity index (χ2n) is 10.5. The molecule has 2 heterocycles. The van der Waals surface area contributed by atoms with E-state index in [1.807, 2.05) is 30.3 Å². The number of nitrogens with one attached hydrogen (secondary N) is 3. The van der Waals surface area contributed by atoms with Crippen LogP contribution in [0, 0.1) is 5.82 Å². The van der Waals surface area contributed by atoms with Crippen LogP contribution in [0.4, 0.5) is 34.0 Å². The van der Waals surface area contributed by atoms with Gasteiger partial charge in [-0.05, 0) is 62.0 Å². The lowest BCUT2D eigenvalue weighted by molar-refractivity contribution is -0.137. The zero-order valence-corrected chi connectivity index (χ0v) is 22.4. The van der Waals surface area contributed by atoms with E-state index in [-0.39, 0.29) is 37.4 Å². The van der Waals surface area contributed by atoms with E-state index in [1.165, 1.54) is 18.5 Å². The Morgan fingerprint density at radius 3 is 2.39 bits per heavy atom. The topological polar surface area (TPSA) is 91.4 Å². The van der Waals surface area contributed by atoms with E-state index in [4.69, 9.17) is 4.74 Å². The standard InChI is InChI=1S/C29H32F4N6O2/c30-24-25(35-18-28(12-14-34-15-13-28)38-27(40)41-17-21-4-2-1-3-5-21)36-19-37-26(24)39(23-10-11-23)16-20-6-8-22(9-7-20)29(31,32)33/h1-9,19,23,34H,10-18H2,(H,38,40)(H,35,36,37). The molecule has 8 nitrogen and oxygen atoms in total. The predicted octanol–water partition coefficient (Wildman–Crippen LogP) is 5.26. The summed E-state index contributed by atoms with van der Waals surface area (Å²) in [4.78, 5) is 22.8. The number of ether oxygens (including phenoxy) is 1. The van der Waals surface area contributed by atoms with Crippen molar-refractivity contribution in [2.24, 2.45) is 0 Å². The van der Waals surface area contributed by atoms with E-state index < -0.39 is 29.2 Å². The van der Waals surface area contributed by atoms with Gasteiger partial charge in [0.25, 0.3) is 0 Å². The lowest BCUT2D eigenvalue weighted by Crippen LogP contribution is -2.58. The van der Waals surface area contributed by atoms with Crippen LogP contribution in [-0.2, 0) is 24.1 Å². The SMILES string of the molecule is O=C(NC1(CNc2ncnc(N(Cc3ccc(C(F)(F)F)cc3)C3CC3)c2F)CCNCC1)OCc1ccccc1. The first-order valence-electron chi connectivity index (χ1n) is 13.6. The number of aromatic nitrogens is 2. The number of carbonyl (C=O) groups excluding carboxylic acids is 1. The highest BCUT2D eigenvalue weighted by molar-refractivity contribution is 5.68. The van der Waals surface area contributed by atoms with Crippen LogP contribution >= 0.6 is 0 Å². The van der Waals surface area contributed by atoms with Gasteiger partial charge in [-0.15, -0.1) is 0 Å². The third-order valence-electron chi connectivity index (χ3n) is 7.40. The van der Waals surface area contributed by atoms with Crippen molar-refractivity contribution in [2.45, 2.75) is 56.6 Å². The Hall–Kier alpha value is -3.93. The molecule has 12 heteroatoms. The number of hydrogen-bond acceptors (Lipinski definition) is 7. The third kappa shape index (κ3) is 7.43. The van der Waals surface area contributed by atoms with Crippen LogP contribution < -0.4 is 20.9 Å². The maximum Gasteiger partial charge on any atom is 0.416 e. The number of alkyl halides is 3. The Morgan fingerprint density at radius 2 is 1.73 bits per heavy atom. The van der Waals surface area contributed by atoms with Gasteiger partial charge in [0.1, 0.15) is 12.9 Å². The number of rotatable bonds is 10. The molecule has 2 aromatic carbocycles. The van der Waals surface area contributed by atoms with E-state index in [0.29, 0.717) is 31.5 Å². The van der Waals surface area contributed by atoms with Crippen molar-refractivity contribution in [1.82, 2.24) is 20.6 Å². The van der Waals surface area contributed by atoms with Crippen LogP contribution in [0.25, 0.3) is 0 Å². The number of carbonyl (C=O) groups is 1. The zero-order chi connectivity index (χ0) is 28.9. The van der Waals surface area contributed by atoms with Gasteiger partial charge in [0.05, 0.1) is 11.1 Å². The fraction of sp³-hybridized carbons (Fsp3) is 0.414. The van der Waals surface area contributed by atoms with Gasteiger partial charge in [-0.2, -0.15) is 17.6 Å². The van der Waals surface area contributed by atoms with Gasteiger partial charge >= 0.3 is 12.3 Å². The maximum atomic E-state index is 15.8. The molecule has 3 aromatic rings. The molecule has 1 aromatic heterocycles. The molecule has 1 saturated carbocycles. The number of halogens is 4. The molecule has 0 radical (unpaired) electrons. The number of anilines is 2. The minimum absolute atomic E-state index is 0.00886. The second-order valence-corrected chi connectivity index (χ2v) is 10.5. The molecule has 2 fully saturated rings. The molecule has 1 amide bonds. The first-order valence-corrected chi connectivity index (χ1v) is 13.6. The molecule has 1 aliphatic carbocycles. The van der Waals surface area contributed by atoms with Gasteiger partial charge in [0.2, 0.25) is 5.82 Å². The quantitative estimate of drug-likeness (QED) is 0.286. The zero-order valence-electron chi connectivity index (χ0n) is 22.4. The van der Waals surface area contributed by atoms with Crippen molar-refractivity contribution in [1.29, 1.82) is 0 Å². The molecule has 0 spiro atoms. The summed E-state index contributed by atoms with van der Waals surface area (Å²) in [5.41, 5.74) is 0.0623. The van der Waals surface area contributed by atoms with Crippen LogP contribution in [-0.4, -0.2) is 47.3 Å². The minimum Gasteiger partial charge on any atom is -0.445 e. The lowest BCUT2D eigenvalue weighted by Gasteiger charge is -2.38. The monoisotopic (exact) mass is 572 g/mol. The maximum absolute atomic E-state index is 15.8. The van der Waals surface area contributed by atoms with E-state index >= 15 is 4.39 Å². The van der Waals surface area contributed by atoms with Crippen LogP contribution in [0.3, 0.4) is 0 Å². The molecule has 41 heavy (non-hydrogen) atoms. The summed E-state index contributed by atoms with van der Waals surface area (Å²) in [6.07, 6.45) is -0.856. The van der Waals surface area contributed by atoms with Gasteiger partial charge < -0.3 is 25.6 Å². The first kappa shape index (κ1) is 28.6. The van der Waals surface area contributed by atoms with E-state index in [2.05, 4.69) is 25.9 Å². The number of piperidine rings is 1. The Morgan fingerprint density at radius 1 is 1.02 bits per heavy atom. The van der Waals surface area contributed by atoms with Crippen LogP contribution in [0.2, 0.25) is 0 Å². The molecule has 218 valence electrons. The highest BCUT2D eigenvalue weighted by Gasteiger charge is 2.36. The van der Waals surface area contributed by atoms with Gasteiger partial charge in [-0.1, -0.05) is 42.5 Å². The fourth-order valence-electron chi connectivity index (χ4n) is 4.92. The van der Waals surface area contributed by atoms with Gasteiger partial charge in [-0.3, -0.25) is 0 Å². The smallest absolute Gasteiger partial charge is 0.416 e. The number of hydrogen-bond donors (Lipinski definition) is 3. The summed E-state index contributed by atoms with van der Waals surface area (Å²) in [5, 5.41) is 9.32. The van der Waals surface area contributed by atoms with Crippen LogP contribution in [0.15, 0.2) is 60.9 Å². The molecular formula is C29H32F4N6O2. The van der Waals surface area contributed by atoms with Crippen LogP contribution in [0.5, 0.6) is 0 Å². The van der Waals surface area contributed by atoms with E-state index in [1.54, 1.807) is 4.90 Å². The van der Waals surface area contributed by atoms with Gasteiger partial charge in [-0.25, -0.2) is 14.8 Å². The molecule has 2 aliphatic rings. The van der Waals surface area contributed by atoms with E-state index in [9.17, 15) is 18.0 Å². The summed E-state index contributed by atoms with van der Waals surface area (Å²) in [6, 6.07) is 14.3. The second kappa shape index (κ2) is 12.3. The Bertz CT molecular complexity index is 1310. The van der Waals surface area contributed by atoms with Crippen molar-refractivity contribution >= 4 is 17.7 Å². The molecule has 0 bridgehead atoms. The lowest BCUT2D eigenvalue weighted by atomic mass is 9.88. The minimum atomic E-state index is -4.42. The van der Waals surface area contributed by atoms with Crippen LogP contribution in [0.1, 0.15) is 42.4 Å².